The minimum absolute atomic E-state index is 0.204. The van der Waals surface area contributed by atoms with Crippen LogP contribution in [0.2, 0.25) is 0 Å². The normalized spacial score (nSPS) is 19.7. The molecule has 1 aliphatic heterocycles. The second-order valence-electron chi connectivity index (χ2n) is 6.60. The third-order valence-corrected chi connectivity index (χ3v) is 4.92. The van der Waals surface area contributed by atoms with Crippen molar-refractivity contribution in [2.24, 2.45) is 5.92 Å². The molecular weight excluding hydrogens is 332 g/mol. The van der Waals surface area contributed by atoms with Crippen molar-refractivity contribution in [3.8, 4) is 17.7 Å². The first kappa shape index (κ1) is 16.5. The van der Waals surface area contributed by atoms with Gasteiger partial charge in [0.25, 0.3) is 5.89 Å². The first-order valence-corrected chi connectivity index (χ1v) is 8.89. The molecule has 0 spiro atoms. The Morgan fingerprint density at radius 2 is 2.19 bits per heavy atom. The minimum atomic E-state index is 0.204. The molecular formula is C19H20N4O3. The molecule has 134 valence electrons. The lowest BCUT2D eigenvalue weighted by Crippen LogP contribution is -2.49. The highest BCUT2D eigenvalue weighted by Gasteiger charge is 2.28. The third-order valence-electron chi connectivity index (χ3n) is 4.92. The lowest BCUT2D eigenvalue weighted by molar-refractivity contribution is -0.132. The molecule has 1 fully saturated rings. The predicted molar refractivity (Wildman–Crippen MR) is 94.2 cm³/mol. The highest BCUT2D eigenvalue weighted by molar-refractivity contribution is 5.77. The largest absolute Gasteiger partial charge is 0.459 e. The number of oxazole rings is 1. The average molecular weight is 352 g/mol. The van der Waals surface area contributed by atoms with E-state index in [9.17, 15) is 10.1 Å². The van der Waals surface area contributed by atoms with Crippen LogP contribution in [0.4, 0.5) is 5.88 Å². The molecule has 1 unspecified atom stereocenters. The number of anilines is 1. The van der Waals surface area contributed by atoms with Crippen LogP contribution in [0.3, 0.4) is 0 Å². The van der Waals surface area contributed by atoms with Gasteiger partial charge in [0.05, 0.1) is 6.26 Å². The van der Waals surface area contributed by atoms with Crippen LogP contribution in [-0.4, -0.2) is 42.0 Å². The fourth-order valence-corrected chi connectivity index (χ4v) is 3.48. The van der Waals surface area contributed by atoms with Crippen LogP contribution < -0.4 is 4.90 Å². The van der Waals surface area contributed by atoms with Gasteiger partial charge in [-0.2, -0.15) is 10.2 Å². The Morgan fingerprint density at radius 3 is 2.85 bits per heavy atom. The summed E-state index contributed by atoms with van der Waals surface area (Å²) in [5.41, 5.74) is 0.243. The molecule has 26 heavy (non-hydrogen) atoms. The van der Waals surface area contributed by atoms with E-state index in [1.165, 1.54) is 6.26 Å². The molecule has 0 bridgehead atoms. The number of aromatic nitrogens is 1. The van der Waals surface area contributed by atoms with Crippen molar-refractivity contribution in [1.29, 1.82) is 5.26 Å². The molecule has 7 heteroatoms. The van der Waals surface area contributed by atoms with Crippen LogP contribution in [0, 0.1) is 17.2 Å². The maximum Gasteiger partial charge on any atom is 0.266 e. The summed E-state index contributed by atoms with van der Waals surface area (Å²) in [6.45, 7) is 2.48. The van der Waals surface area contributed by atoms with Gasteiger partial charge in [0.2, 0.25) is 17.5 Å². The maximum absolute atomic E-state index is 12.5. The average Bonchev–Trinajstić information content (AvgIpc) is 3.42. The number of rotatable bonds is 4. The molecule has 2 aromatic rings. The summed E-state index contributed by atoms with van der Waals surface area (Å²) in [4.78, 5) is 20.5. The molecule has 1 atom stereocenters. The number of hydrogen-bond acceptors (Lipinski definition) is 6. The molecule has 2 aliphatic rings. The number of amides is 1. The van der Waals surface area contributed by atoms with Crippen LogP contribution in [0.15, 0.2) is 39.4 Å². The van der Waals surface area contributed by atoms with Gasteiger partial charge in [-0.15, -0.1) is 0 Å². The molecule has 4 rings (SSSR count). The van der Waals surface area contributed by atoms with Gasteiger partial charge in [0.1, 0.15) is 6.07 Å². The van der Waals surface area contributed by atoms with Crippen molar-refractivity contribution in [3.05, 3.63) is 36.2 Å². The predicted octanol–water partition coefficient (Wildman–Crippen LogP) is 2.81. The van der Waals surface area contributed by atoms with Gasteiger partial charge in [-0.1, -0.05) is 12.2 Å². The third kappa shape index (κ3) is 3.23. The zero-order valence-electron chi connectivity index (χ0n) is 14.4. The van der Waals surface area contributed by atoms with Crippen LogP contribution in [0.5, 0.6) is 0 Å². The summed E-state index contributed by atoms with van der Waals surface area (Å²) in [5.74, 6) is 1.83. The highest BCUT2D eigenvalue weighted by Crippen LogP contribution is 2.29. The lowest BCUT2D eigenvalue weighted by atomic mass is 10.0. The molecule has 0 saturated carbocycles. The monoisotopic (exact) mass is 352 g/mol. The summed E-state index contributed by atoms with van der Waals surface area (Å²) < 4.78 is 11.1. The van der Waals surface area contributed by atoms with E-state index < -0.39 is 0 Å². The second-order valence-corrected chi connectivity index (χ2v) is 6.60. The highest BCUT2D eigenvalue weighted by atomic mass is 16.4. The molecule has 7 nitrogen and oxygen atoms in total. The lowest BCUT2D eigenvalue weighted by Gasteiger charge is -2.34. The van der Waals surface area contributed by atoms with Crippen LogP contribution in [0.25, 0.3) is 11.7 Å². The standard InChI is InChI=1S/C19H20N4O3/c20-13-15-19(26-18(21-15)16-6-3-11-25-16)23-9-7-22(8-10-23)17(24)12-14-4-1-2-5-14/h1,3-4,6,11,14H,2,5,7-10,12H2. The van der Waals surface area contributed by atoms with Gasteiger partial charge < -0.3 is 18.6 Å². The number of nitrogens with zero attached hydrogens (tertiary/aromatic N) is 4. The molecule has 0 aromatic carbocycles. The van der Waals surface area contributed by atoms with E-state index in [0.29, 0.717) is 56.1 Å². The van der Waals surface area contributed by atoms with Gasteiger partial charge in [0.15, 0.2) is 5.76 Å². The maximum atomic E-state index is 12.5. The molecule has 0 N–H and O–H groups in total. The summed E-state index contributed by atoms with van der Waals surface area (Å²) >= 11 is 0. The van der Waals surface area contributed by atoms with E-state index in [4.69, 9.17) is 8.83 Å². The van der Waals surface area contributed by atoms with Crippen molar-refractivity contribution < 1.29 is 13.6 Å². The second kappa shape index (κ2) is 7.08. The van der Waals surface area contributed by atoms with Crippen molar-refractivity contribution in [2.75, 3.05) is 31.1 Å². The molecule has 3 heterocycles. The van der Waals surface area contributed by atoms with E-state index in [-0.39, 0.29) is 11.6 Å². The quantitative estimate of drug-likeness (QED) is 0.787. The molecule has 0 radical (unpaired) electrons. The SMILES string of the molecule is N#Cc1nc(-c2ccco2)oc1N1CCN(C(=O)CC2C=CCC2)CC1. The van der Waals surface area contributed by atoms with Crippen LogP contribution in [0.1, 0.15) is 25.0 Å². The summed E-state index contributed by atoms with van der Waals surface area (Å²) in [6, 6.07) is 5.57. The van der Waals surface area contributed by atoms with E-state index in [0.717, 1.165) is 12.8 Å². The fraction of sp³-hybridized carbons (Fsp3) is 0.421. The summed E-state index contributed by atoms with van der Waals surface area (Å²) in [5, 5.41) is 9.36. The molecule has 1 saturated heterocycles. The number of piperazine rings is 1. The molecule has 1 aliphatic carbocycles. The van der Waals surface area contributed by atoms with Crippen molar-refractivity contribution in [3.63, 3.8) is 0 Å². The number of nitriles is 1. The Bertz CT molecular complexity index is 839. The van der Waals surface area contributed by atoms with Crippen molar-refractivity contribution >= 4 is 11.8 Å². The Hall–Kier alpha value is -3.01. The van der Waals surface area contributed by atoms with E-state index in [1.807, 2.05) is 9.80 Å². The Morgan fingerprint density at radius 1 is 1.35 bits per heavy atom. The number of allylic oxidation sites excluding steroid dienone is 2. The summed E-state index contributed by atoms with van der Waals surface area (Å²) in [6.07, 6.45) is 8.58. The van der Waals surface area contributed by atoms with Gasteiger partial charge in [-0.3, -0.25) is 4.79 Å². The first-order valence-electron chi connectivity index (χ1n) is 8.89. The van der Waals surface area contributed by atoms with Gasteiger partial charge >= 0.3 is 0 Å². The van der Waals surface area contributed by atoms with Gasteiger partial charge in [-0.05, 0) is 30.9 Å². The number of carbonyl (C=O) groups excluding carboxylic acids is 1. The molecule has 1 amide bonds. The number of carbonyl (C=O) groups is 1. The van der Waals surface area contributed by atoms with Gasteiger partial charge in [-0.25, -0.2) is 0 Å². The van der Waals surface area contributed by atoms with Crippen molar-refractivity contribution in [1.82, 2.24) is 9.88 Å². The minimum Gasteiger partial charge on any atom is -0.459 e. The van der Waals surface area contributed by atoms with Crippen molar-refractivity contribution in [2.45, 2.75) is 19.3 Å². The van der Waals surface area contributed by atoms with E-state index in [1.54, 1.807) is 12.1 Å². The number of furan rings is 1. The smallest absolute Gasteiger partial charge is 0.266 e. The van der Waals surface area contributed by atoms with Crippen LogP contribution in [-0.2, 0) is 4.79 Å². The summed E-state index contributed by atoms with van der Waals surface area (Å²) in [7, 11) is 0. The van der Waals surface area contributed by atoms with E-state index >= 15 is 0 Å². The fourth-order valence-electron chi connectivity index (χ4n) is 3.48. The molecule has 2 aromatic heterocycles. The van der Waals surface area contributed by atoms with Crippen LogP contribution >= 0.6 is 0 Å². The van der Waals surface area contributed by atoms with E-state index in [2.05, 4.69) is 23.2 Å². The topological polar surface area (TPSA) is 86.5 Å². The van der Waals surface area contributed by atoms with Gasteiger partial charge in [0, 0.05) is 32.6 Å². The Labute approximate surface area is 151 Å². The zero-order chi connectivity index (χ0) is 17.9. The number of hydrogen-bond donors (Lipinski definition) is 0. The Kier molecular flexibility index (Phi) is 4.48. The Balaban J connectivity index is 1.41. The first-order chi connectivity index (χ1) is 12.7. The zero-order valence-corrected chi connectivity index (χ0v) is 14.4.